The van der Waals surface area contributed by atoms with Crippen molar-refractivity contribution in [2.45, 2.75) is 46.5 Å². The van der Waals surface area contributed by atoms with Gasteiger partial charge in [-0.1, -0.05) is 20.8 Å². The van der Waals surface area contributed by atoms with Crippen LogP contribution in [-0.4, -0.2) is 0 Å². The molecule has 0 amide bonds. The van der Waals surface area contributed by atoms with Crippen LogP contribution in [0, 0.1) is 23.2 Å². The van der Waals surface area contributed by atoms with Gasteiger partial charge in [0.05, 0.1) is 0 Å². The molecule has 0 aromatic heterocycles. The lowest BCUT2D eigenvalue weighted by Gasteiger charge is -2.42. The van der Waals surface area contributed by atoms with E-state index in [4.69, 9.17) is 0 Å². The van der Waals surface area contributed by atoms with E-state index in [0.29, 0.717) is 0 Å². The molecule has 2 aliphatic carbocycles. The van der Waals surface area contributed by atoms with Gasteiger partial charge in [0, 0.05) is 0 Å². The number of rotatable bonds is 2. The van der Waals surface area contributed by atoms with Crippen LogP contribution in [0.4, 0.5) is 0 Å². The van der Waals surface area contributed by atoms with Crippen molar-refractivity contribution in [3.05, 3.63) is 0 Å². The van der Waals surface area contributed by atoms with Gasteiger partial charge >= 0.3 is 0 Å². The van der Waals surface area contributed by atoms with Gasteiger partial charge in [0.15, 0.2) is 0 Å². The normalized spacial score (nSPS) is 46.6. The fourth-order valence-electron chi connectivity index (χ4n) is 2.50. The molecule has 2 saturated carbocycles. The molecule has 0 heterocycles. The highest BCUT2D eigenvalue weighted by Crippen LogP contribution is 2.55. The van der Waals surface area contributed by atoms with E-state index < -0.39 is 0 Å². The second-order valence-corrected chi connectivity index (χ2v) is 5.35. The first-order valence-corrected chi connectivity index (χ1v) is 5.11. The maximum absolute atomic E-state index is 2.46. The number of hydrogen-bond acceptors (Lipinski definition) is 0. The maximum Gasteiger partial charge on any atom is -0.0323 e. The lowest BCUT2D eigenvalue weighted by molar-refractivity contribution is 0.0769. The Balaban J connectivity index is 1.80. The highest BCUT2D eigenvalue weighted by atomic mass is 14.5. The molecule has 0 nitrogen and oxygen atoms in total. The molecule has 0 spiro atoms. The molecule has 0 aliphatic heterocycles. The lowest BCUT2D eigenvalue weighted by atomic mass is 9.63. The average molecular weight is 152 g/mol. The zero-order chi connectivity index (χ0) is 8.06. The predicted octanol–water partition coefficient (Wildman–Crippen LogP) is 3.47. The molecule has 0 bridgehead atoms. The molecule has 0 heteroatoms. The molecule has 64 valence electrons. The Bertz CT molecular complexity index is 155. The first kappa shape index (κ1) is 7.64. The molecule has 0 aromatic carbocycles. The smallest absolute Gasteiger partial charge is 0.0323 e. The van der Waals surface area contributed by atoms with Gasteiger partial charge in [-0.25, -0.2) is 0 Å². The largest absolute Gasteiger partial charge is 0.0622 e. The van der Waals surface area contributed by atoms with Gasteiger partial charge in [-0.2, -0.15) is 0 Å². The second kappa shape index (κ2) is 2.24. The van der Waals surface area contributed by atoms with Crippen LogP contribution < -0.4 is 0 Å². The highest BCUT2D eigenvalue weighted by Gasteiger charge is 2.44. The summed E-state index contributed by atoms with van der Waals surface area (Å²) in [4.78, 5) is 0. The fourth-order valence-corrected chi connectivity index (χ4v) is 2.50. The molecule has 11 heavy (non-hydrogen) atoms. The van der Waals surface area contributed by atoms with Crippen LogP contribution in [0.1, 0.15) is 46.5 Å². The van der Waals surface area contributed by atoms with Gasteiger partial charge in [-0.05, 0) is 48.9 Å². The Morgan fingerprint density at radius 2 is 1.91 bits per heavy atom. The van der Waals surface area contributed by atoms with Crippen LogP contribution >= 0.6 is 0 Å². The molecule has 0 radical (unpaired) electrons. The average Bonchev–Trinajstić information content (AvgIpc) is 2.67. The van der Waals surface area contributed by atoms with Crippen molar-refractivity contribution in [2.75, 3.05) is 0 Å². The summed E-state index contributed by atoms with van der Waals surface area (Å²) in [7, 11) is 0. The van der Waals surface area contributed by atoms with Crippen molar-refractivity contribution in [3.8, 4) is 0 Å². The predicted molar refractivity (Wildman–Crippen MR) is 48.4 cm³/mol. The minimum absolute atomic E-state index is 0.791. The summed E-state index contributed by atoms with van der Waals surface area (Å²) in [5.41, 5.74) is 0.791. The third-order valence-electron chi connectivity index (χ3n) is 4.17. The van der Waals surface area contributed by atoms with Crippen LogP contribution in [0.5, 0.6) is 0 Å². The van der Waals surface area contributed by atoms with Crippen molar-refractivity contribution in [2.24, 2.45) is 23.2 Å². The van der Waals surface area contributed by atoms with Crippen LogP contribution in [0.2, 0.25) is 0 Å². The zero-order valence-corrected chi connectivity index (χ0v) is 8.06. The van der Waals surface area contributed by atoms with Gasteiger partial charge in [-0.15, -0.1) is 0 Å². The molecule has 2 rings (SSSR count). The van der Waals surface area contributed by atoms with E-state index in [1.807, 2.05) is 0 Å². The van der Waals surface area contributed by atoms with Crippen molar-refractivity contribution >= 4 is 0 Å². The Labute approximate surface area is 70.4 Å². The van der Waals surface area contributed by atoms with Crippen LogP contribution in [0.3, 0.4) is 0 Å². The van der Waals surface area contributed by atoms with E-state index in [9.17, 15) is 0 Å². The van der Waals surface area contributed by atoms with E-state index in [2.05, 4.69) is 20.8 Å². The topological polar surface area (TPSA) is 0 Å². The van der Waals surface area contributed by atoms with Crippen LogP contribution in [0.15, 0.2) is 0 Å². The maximum atomic E-state index is 2.46. The zero-order valence-electron chi connectivity index (χ0n) is 8.06. The van der Waals surface area contributed by atoms with Gasteiger partial charge in [0.1, 0.15) is 0 Å². The summed E-state index contributed by atoms with van der Waals surface area (Å²) in [5, 5.41) is 0. The SMILES string of the molecule is CC1CC(CC2(C)CC2)C1C. The van der Waals surface area contributed by atoms with E-state index in [0.717, 1.165) is 23.2 Å². The summed E-state index contributed by atoms with van der Waals surface area (Å²) < 4.78 is 0. The van der Waals surface area contributed by atoms with Crippen molar-refractivity contribution < 1.29 is 0 Å². The van der Waals surface area contributed by atoms with E-state index in [-0.39, 0.29) is 0 Å². The Morgan fingerprint density at radius 1 is 1.27 bits per heavy atom. The summed E-state index contributed by atoms with van der Waals surface area (Å²) in [5.74, 6) is 3.12. The number of hydrogen-bond donors (Lipinski definition) is 0. The third-order valence-corrected chi connectivity index (χ3v) is 4.17. The Morgan fingerprint density at radius 3 is 2.27 bits per heavy atom. The fraction of sp³-hybridized carbons (Fsp3) is 1.00. The quantitative estimate of drug-likeness (QED) is 0.568. The van der Waals surface area contributed by atoms with E-state index in [1.165, 1.54) is 25.7 Å². The van der Waals surface area contributed by atoms with E-state index in [1.54, 1.807) is 0 Å². The van der Waals surface area contributed by atoms with Crippen LogP contribution in [-0.2, 0) is 0 Å². The lowest BCUT2D eigenvalue weighted by Crippen LogP contribution is -2.33. The van der Waals surface area contributed by atoms with Gasteiger partial charge in [0.2, 0.25) is 0 Å². The summed E-state index contributed by atoms with van der Waals surface area (Å²) >= 11 is 0. The monoisotopic (exact) mass is 152 g/mol. The van der Waals surface area contributed by atoms with Crippen molar-refractivity contribution in [1.82, 2.24) is 0 Å². The molecule has 3 atom stereocenters. The molecular weight excluding hydrogens is 132 g/mol. The van der Waals surface area contributed by atoms with Gasteiger partial charge in [-0.3, -0.25) is 0 Å². The van der Waals surface area contributed by atoms with Crippen LogP contribution in [0.25, 0.3) is 0 Å². The minimum atomic E-state index is 0.791. The van der Waals surface area contributed by atoms with Gasteiger partial charge < -0.3 is 0 Å². The second-order valence-electron chi connectivity index (χ2n) is 5.35. The van der Waals surface area contributed by atoms with Gasteiger partial charge in [0.25, 0.3) is 0 Å². The van der Waals surface area contributed by atoms with Crippen molar-refractivity contribution in [1.29, 1.82) is 0 Å². The molecule has 2 aliphatic rings. The first-order valence-electron chi connectivity index (χ1n) is 5.11. The summed E-state index contributed by atoms with van der Waals surface area (Å²) in [6, 6.07) is 0. The molecule has 0 N–H and O–H groups in total. The highest BCUT2D eigenvalue weighted by molar-refractivity contribution is 4.95. The first-order chi connectivity index (χ1) is 5.11. The third kappa shape index (κ3) is 1.32. The summed E-state index contributed by atoms with van der Waals surface area (Å²) in [6.07, 6.45) is 6.05. The van der Waals surface area contributed by atoms with E-state index >= 15 is 0 Å². The Hall–Kier alpha value is 0. The Kier molecular flexibility index (Phi) is 1.56. The standard InChI is InChI=1S/C11H20/c1-8-6-10(9(8)2)7-11(3)4-5-11/h8-10H,4-7H2,1-3H3. The summed E-state index contributed by atoms with van der Waals surface area (Å²) in [6.45, 7) is 7.30. The molecule has 2 fully saturated rings. The van der Waals surface area contributed by atoms with Crippen molar-refractivity contribution in [3.63, 3.8) is 0 Å². The molecule has 0 saturated heterocycles. The molecular formula is C11H20. The minimum Gasteiger partial charge on any atom is -0.0622 e. The molecule has 3 unspecified atom stereocenters. The molecule has 0 aromatic rings.